The molecule has 0 saturated heterocycles. The molecular formula is C13H21ClN4O2. The molecule has 0 bridgehead atoms. The van der Waals surface area contributed by atoms with Crippen LogP contribution >= 0.6 is 12.4 Å². The molecule has 7 heteroatoms. The molecule has 0 aliphatic rings. The fraction of sp³-hybridized carbons (Fsp3) is 0.385. The first kappa shape index (κ1) is 18.2. The van der Waals surface area contributed by atoms with Crippen LogP contribution in [-0.4, -0.2) is 25.0 Å². The lowest BCUT2D eigenvalue weighted by atomic mass is 10.2. The Kier molecular flexibility index (Phi) is 9.15. The minimum absolute atomic E-state index is 0. The van der Waals surface area contributed by atoms with Crippen LogP contribution < -0.4 is 21.7 Å². The minimum atomic E-state index is -0.269. The predicted molar refractivity (Wildman–Crippen MR) is 83.3 cm³/mol. The summed E-state index contributed by atoms with van der Waals surface area (Å²) in [4.78, 5) is 22.9. The van der Waals surface area contributed by atoms with Gasteiger partial charge in [0, 0.05) is 24.3 Å². The summed E-state index contributed by atoms with van der Waals surface area (Å²) >= 11 is 0. The average Bonchev–Trinajstić information content (AvgIpc) is 2.37. The van der Waals surface area contributed by atoms with E-state index < -0.39 is 0 Å². The van der Waals surface area contributed by atoms with Gasteiger partial charge in [0.05, 0.1) is 0 Å². The fourth-order valence-corrected chi connectivity index (χ4v) is 1.50. The normalized spacial score (nSPS) is 9.30. The van der Waals surface area contributed by atoms with Gasteiger partial charge < -0.3 is 21.7 Å². The number of hydrogen-bond donors (Lipinski definition) is 4. The van der Waals surface area contributed by atoms with E-state index in [1.54, 1.807) is 24.3 Å². The zero-order valence-electron chi connectivity index (χ0n) is 11.4. The summed E-state index contributed by atoms with van der Waals surface area (Å²) in [6.07, 6.45) is 1.05. The van der Waals surface area contributed by atoms with Gasteiger partial charge in [0.15, 0.2) is 0 Å². The first-order chi connectivity index (χ1) is 9.15. The van der Waals surface area contributed by atoms with Gasteiger partial charge in [0.25, 0.3) is 0 Å². The van der Waals surface area contributed by atoms with Crippen LogP contribution in [0.4, 0.5) is 16.2 Å². The summed E-state index contributed by atoms with van der Waals surface area (Å²) in [5.41, 5.74) is 6.62. The number of anilines is 2. The number of rotatable bonds is 6. The van der Waals surface area contributed by atoms with Crippen molar-refractivity contribution in [3.8, 4) is 0 Å². The van der Waals surface area contributed by atoms with Crippen molar-refractivity contribution in [2.45, 2.75) is 19.8 Å². The number of hydrogen-bond acceptors (Lipinski definition) is 3. The molecule has 1 rings (SSSR count). The van der Waals surface area contributed by atoms with Crippen molar-refractivity contribution in [1.29, 1.82) is 0 Å². The van der Waals surface area contributed by atoms with E-state index in [1.165, 1.54) is 0 Å². The van der Waals surface area contributed by atoms with Crippen LogP contribution in [0, 0.1) is 0 Å². The number of amides is 3. The summed E-state index contributed by atoms with van der Waals surface area (Å²) in [7, 11) is 0. The number of nitrogens with one attached hydrogen (secondary N) is 3. The summed E-state index contributed by atoms with van der Waals surface area (Å²) < 4.78 is 0. The third kappa shape index (κ3) is 6.96. The third-order valence-corrected chi connectivity index (χ3v) is 2.35. The highest BCUT2D eigenvalue weighted by Crippen LogP contribution is 2.15. The Morgan fingerprint density at radius 1 is 1.20 bits per heavy atom. The first-order valence-electron chi connectivity index (χ1n) is 6.30. The molecule has 0 heterocycles. The molecular weight excluding hydrogens is 280 g/mol. The van der Waals surface area contributed by atoms with Gasteiger partial charge in [-0.15, -0.1) is 12.4 Å². The van der Waals surface area contributed by atoms with E-state index in [-0.39, 0.29) is 24.3 Å². The number of carbonyl (C=O) groups is 2. The molecule has 0 fully saturated rings. The van der Waals surface area contributed by atoms with Gasteiger partial charge in [-0.1, -0.05) is 6.07 Å². The van der Waals surface area contributed by atoms with Crippen molar-refractivity contribution in [2.24, 2.45) is 5.73 Å². The monoisotopic (exact) mass is 300 g/mol. The van der Waals surface area contributed by atoms with Gasteiger partial charge >= 0.3 is 6.03 Å². The van der Waals surface area contributed by atoms with E-state index in [4.69, 9.17) is 5.73 Å². The van der Waals surface area contributed by atoms with Crippen LogP contribution in [0.1, 0.15) is 19.8 Å². The van der Waals surface area contributed by atoms with Crippen LogP contribution in [-0.2, 0) is 4.79 Å². The van der Waals surface area contributed by atoms with Crippen LogP contribution in [0.2, 0.25) is 0 Å². The van der Waals surface area contributed by atoms with Crippen molar-refractivity contribution in [2.75, 3.05) is 23.7 Å². The summed E-state index contributed by atoms with van der Waals surface area (Å²) in [6, 6.07) is 6.72. The van der Waals surface area contributed by atoms with E-state index in [2.05, 4.69) is 16.0 Å². The topological polar surface area (TPSA) is 96.2 Å². The maximum Gasteiger partial charge on any atom is 0.319 e. The molecule has 6 nitrogen and oxygen atoms in total. The summed E-state index contributed by atoms with van der Waals surface area (Å²) in [5, 5.41) is 8.07. The van der Waals surface area contributed by atoms with E-state index in [1.807, 2.05) is 6.92 Å². The fourth-order valence-electron chi connectivity index (χ4n) is 1.50. The van der Waals surface area contributed by atoms with Gasteiger partial charge in [0.1, 0.15) is 0 Å². The average molecular weight is 301 g/mol. The van der Waals surface area contributed by atoms with Crippen molar-refractivity contribution in [3.63, 3.8) is 0 Å². The highest BCUT2D eigenvalue weighted by molar-refractivity contribution is 5.93. The van der Waals surface area contributed by atoms with Gasteiger partial charge in [-0.2, -0.15) is 0 Å². The van der Waals surface area contributed by atoms with Gasteiger partial charge in [-0.3, -0.25) is 4.79 Å². The quantitative estimate of drug-likeness (QED) is 0.646. The van der Waals surface area contributed by atoms with Gasteiger partial charge in [-0.05, 0) is 38.1 Å². The Balaban J connectivity index is 0.00000361. The van der Waals surface area contributed by atoms with Crippen LogP contribution in [0.15, 0.2) is 24.3 Å². The summed E-state index contributed by atoms with van der Waals surface area (Å²) in [5.74, 6) is -0.0828. The molecule has 0 aliphatic heterocycles. The largest absolute Gasteiger partial charge is 0.338 e. The smallest absolute Gasteiger partial charge is 0.319 e. The standard InChI is InChI=1S/C13H20N4O2.ClH/c1-2-15-13(19)17-11-6-3-5-10(9-11)16-12(18)7-4-8-14;/h3,5-6,9H,2,4,7-8,14H2,1H3,(H,16,18)(H2,15,17,19);1H. The molecule has 0 atom stereocenters. The second kappa shape index (κ2) is 10.1. The zero-order valence-corrected chi connectivity index (χ0v) is 12.3. The Hall–Kier alpha value is -1.79. The minimum Gasteiger partial charge on any atom is -0.338 e. The van der Waals surface area contributed by atoms with Crippen LogP contribution in [0.5, 0.6) is 0 Å². The second-order valence-corrected chi connectivity index (χ2v) is 4.01. The first-order valence-corrected chi connectivity index (χ1v) is 6.30. The van der Waals surface area contributed by atoms with Gasteiger partial charge in [0.2, 0.25) is 5.91 Å². The highest BCUT2D eigenvalue weighted by Gasteiger charge is 2.04. The molecule has 0 aromatic heterocycles. The Morgan fingerprint density at radius 2 is 1.85 bits per heavy atom. The van der Waals surface area contributed by atoms with Crippen molar-refractivity contribution in [3.05, 3.63) is 24.3 Å². The molecule has 0 spiro atoms. The Labute approximate surface area is 124 Å². The lowest BCUT2D eigenvalue weighted by molar-refractivity contribution is -0.116. The molecule has 0 radical (unpaired) electrons. The number of urea groups is 1. The van der Waals surface area contributed by atoms with E-state index in [0.29, 0.717) is 37.3 Å². The maximum absolute atomic E-state index is 11.5. The molecule has 5 N–H and O–H groups in total. The summed E-state index contributed by atoms with van der Waals surface area (Å²) in [6.45, 7) is 2.89. The van der Waals surface area contributed by atoms with Crippen molar-refractivity contribution >= 4 is 35.7 Å². The zero-order chi connectivity index (χ0) is 14.1. The Morgan fingerprint density at radius 3 is 2.45 bits per heavy atom. The van der Waals surface area contributed by atoms with Crippen LogP contribution in [0.3, 0.4) is 0 Å². The molecule has 0 saturated carbocycles. The van der Waals surface area contributed by atoms with Crippen molar-refractivity contribution < 1.29 is 9.59 Å². The maximum atomic E-state index is 11.5. The SMILES string of the molecule is CCNC(=O)Nc1cccc(NC(=O)CCCN)c1.Cl. The molecule has 1 aromatic carbocycles. The highest BCUT2D eigenvalue weighted by atomic mass is 35.5. The molecule has 1 aromatic rings. The molecule has 0 aliphatic carbocycles. The molecule has 112 valence electrons. The Bertz CT molecular complexity index is 440. The van der Waals surface area contributed by atoms with E-state index in [9.17, 15) is 9.59 Å². The van der Waals surface area contributed by atoms with E-state index in [0.717, 1.165) is 0 Å². The molecule has 0 unspecified atom stereocenters. The number of nitrogens with two attached hydrogens (primary N) is 1. The lowest BCUT2D eigenvalue weighted by Crippen LogP contribution is -2.28. The number of halogens is 1. The van der Waals surface area contributed by atoms with Gasteiger partial charge in [-0.25, -0.2) is 4.79 Å². The van der Waals surface area contributed by atoms with E-state index >= 15 is 0 Å². The second-order valence-electron chi connectivity index (χ2n) is 4.01. The van der Waals surface area contributed by atoms with Crippen molar-refractivity contribution in [1.82, 2.24) is 5.32 Å². The molecule has 20 heavy (non-hydrogen) atoms. The number of benzene rings is 1. The lowest BCUT2D eigenvalue weighted by Gasteiger charge is -2.09. The van der Waals surface area contributed by atoms with Crippen LogP contribution in [0.25, 0.3) is 0 Å². The molecule has 3 amide bonds. The number of carbonyl (C=O) groups excluding carboxylic acids is 2. The predicted octanol–water partition coefficient (Wildman–Crippen LogP) is 1.93. The third-order valence-electron chi connectivity index (χ3n) is 2.35.